The van der Waals surface area contributed by atoms with E-state index in [9.17, 15) is 0 Å². The molecule has 1 aliphatic rings. The Morgan fingerprint density at radius 1 is 1.70 bits per heavy atom. The fourth-order valence-corrected chi connectivity index (χ4v) is 1.19. The van der Waals surface area contributed by atoms with E-state index in [1.165, 1.54) is 25.8 Å². The van der Waals surface area contributed by atoms with E-state index in [-0.39, 0.29) is 0 Å². The van der Waals surface area contributed by atoms with Crippen molar-refractivity contribution in [2.45, 2.75) is 38.3 Å². The summed E-state index contributed by atoms with van der Waals surface area (Å²) < 4.78 is 0. The van der Waals surface area contributed by atoms with Gasteiger partial charge in [0, 0.05) is 12.1 Å². The van der Waals surface area contributed by atoms with Crippen molar-refractivity contribution in [2.75, 3.05) is 13.6 Å². The normalized spacial score (nSPS) is 27.6. The quantitative estimate of drug-likeness (QED) is 0.605. The van der Waals surface area contributed by atoms with Crippen molar-refractivity contribution in [2.24, 2.45) is 0 Å². The molecule has 0 aromatic carbocycles. The van der Waals surface area contributed by atoms with Crippen molar-refractivity contribution in [1.29, 1.82) is 0 Å². The Morgan fingerprint density at radius 2 is 2.40 bits per heavy atom. The zero-order valence-electron chi connectivity index (χ0n) is 6.98. The third kappa shape index (κ3) is 2.27. The van der Waals surface area contributed by atoms with Gasteiger partial charge in [0.25, 0.3) is 0 Å². The van der Waals surface area contributed by atoms with E-state index >= 15 is 0 Å². The van der Waals surface area contributed by atoms with Crippen LogP contribution in [0, 0.1) is 0 Å². The van der Waals surface area contributed by atoms with E-state index in [1.807, 2.05) is 7.05 Å². The second-order valence-electron chi connectivity index (χ2n) is 3.21. The maximum absolute atomic E-state index is 3.40. The molecule has 0 spiro atoms. The Bertz CT molecular complexity index is 84.5. The van der Waals surface area contributed by atoms with Crippen molar-refractivity contribution in [3.63, 3.8) is 0 Å². The van der Waals surface area contributed by atoms with Crippen molar-refractivity contribution in [1.82, 2.24) is 10.6 Å². The van der Waals surface area contributed by atoms with Crippen LogP contribution in [0.4, 0.5) is 0 Å². The SMILES string of the molecule is CNC(C)CCC1CCN1. The first-order chi connectivity index (χ1) is 4.83. The highest BCUT2D eigenvalue weighted by Crippen LogP contribution is 2.10. The summed E-state index contributed by atoms with van der Waals surface area (Å²) in [7, 11) is 2.03. The minimum atomic E-state index is 0.683. The molecule has 1 heterocycles. The predicted octanol–water partition coefficient (Wildman–Crippen LogP) is 0.736. The molecule has 1 saturated heterocycles. The van der Waals surface area contributed by atoms with Crippen LogP contribution in [-0.4, -0.2) is 25.7 Å². The fourth-order valence-electron chi connectivity index (χ4n) is 1.19. The lowest BCUT2D eigenvalue weighted by molar-refractivity contribution is 0.330. The lowest BCUT2D eigenvalue weighted by Gasteiger charge is -2.28. The Morgan fingerprint density at radius 3 is 2.80 bits per heavy atom. The highest BCUT2D eigenvalue weighted by molar-refractivity contribution is 4.78. The van der Waals surface area contributed by atoms with Crippen LogP contribution >= 0.6 is 0 Å². The molecule has 1 fully saturated rings. The maximum Gasteiger partial charge on any atom is 0.00797 e. The van der Waals surface area contributed by atoms with Gasteiger partial charge in [-0.15, -0.1) is 0 Å². The molecule has 2 nitrogen and oxygen atoms in total. The molecule has 2 unspecified atom stereocenters. The average molecular weight is 142 g/mol. The molecule has 60 valence electrons. The van der Waals surface area contributed by atoms with E-state index in [0.717, 1.165) is 6.04 Å². The molecule has 0 saturated carbocycles. The summed E-state index contributed by atoms with van der Waals surface area (Å²) in [5, 5.41) is 6.64. The molecule has 10 heavy (non-hydrogen) atoms. The molecule has 0 radical (unpaired) electrons. The standard InChI is InChI=1S/C8H18N2/c1-7(9-2)3-4-8-5-6-10-8/h7-10H,3-6H2,1-2H3. The molecule has 0 amide bonds. The van der Waals surface area contributed by atoms with Crippen LogP contribution in [0.3, 0.4) is 0 Å². The minimum absolute atomic E-state index is 0.683. The van der Waals surface area contributed by atoms with Crippen LogP contribution in [-0.2, 0) is 0 Å². The number of hydrogen-bond acceptors (Lipinski definition) is 2. The molecule has 2 heteroatoms. The average Bonchev–Trinajstić information content (AvgIpc) is 1.84. The summed E-state index contributed by atoms with van der Waals surface area (Å²) >= 11 is 0. The third-order valence-corrected chi connectivity index (χ3v) is 2.37. The zero-order valence-corrected chi connectivity index (χ0v) is 6.98. The molecule has 0 aromatic heterocycles. The number of rotatable bonds is 4. The lowest BCUT2D eigenvalue weighted by Crippen LogP contribution is -2.43. The van der Waals surface area contributed by atoms with E-state index in [1.54, 1.807) is 0 Å². The first-order valence-electron chi connectivity index (χ1n) is 4.23. The highest BCUT2D eigenvalue weighted by atomic mass is 15.0. The van der Waals surface area contributed by atoms with Gasteiger partial charge in [0.1, 0.15) is 0 Å². The van der Waals surface area contributed by atoms with Crippen LogP contribution < -0.4 is 10.6 Å². The summed E-state index contributed by atoms with van der Waals surface area (Å²) in [6.07, 6.45) is 4.02. The smallest absolute Gasteiger partial charge is 0.00797 e. The second kappa shape index (κ2) is 3.94. The molecular weight excluding hydrogens is 124 g/mol. The van der Waals surface area contributed by atoms with Gasteiger partial charge >= 0.3 is 0 Å². The van der Waals surface area contributed by atoms with E-state index in [2.05, 4.69) is 17.6 Å². The molecule has 2 atom stereocenters. The summed E-state index contributed by atoms with van der Waals surface area (Å²) in [5.41, 5.74) is 0. The van der Waals surface area contributed by atoms with Gasteiger partial charge in [-0.1, -0.05) is 0 Å². The molecule has 1 rings (SSSR count). The number of hydrogen-bond donors (Lipinski definition) is 2. The highest BCUT2D eigenvalue weighted by Gasteiger charge is 2.15. The lowest BCUT2D eigenvalue weighted by atomic mass is 9.99. The van der Waals surface area contributed by atoms with Crippen LogP contribution in [0.25, 0.3) is 0 Å². The van der Waals surface area contributed by atoms with Crippen LogP contribution in [0.5, 0.6) is 0 Å². The van der Waals surface area contributed by atoms with Crippen molar-refractivity contribution >= 4 is 0 Å². The Balaban J connectivity index is 1.93. The van der Waals surface area contributed by atoms with Crippen molar-refractivity contribution < 1.29 is 0 Å². The van der Waals surface area contributed by atoms with Gasteiger partial charge in [0.15, 0.2) is 0 Å². The second-order valence-corrected chi connectivity index (χ2v) is 3.21. The van der Waals surface area contributed by atoms with Crippen LogP contribution in [0.1, 0.15) is 26.2 Å². The molecule has 2 N–H and O–H groups in total. The minimum Gasteiger partial charge on any atom is -0.317 e. The zero-order chi connectivity index (χ0) is 7.40. The Labute approximate surface area is 63.4 Å². The van der Waals surface area contributed by atoms with Gasteiger partial charge in [-0.05, 0) is 39.8 Å². The van der Waals surface area contributed by atoms with Gasteiger partial charge in [-0.3, -0.25) is 0 Å². The summed E-state index contributed by atoms with van der Waals surface area (Å²) in [5.74, 6) is 0. The topological polar surface area (TPSA) is 24.1 Å². The summed E-state index contributed by atoms with van der Waals surface area (Å²) in [6.45, 7) is 3.47. The summed E-state index contributed by atoms with van der Waals surface area (Å²) in [6, 6.07) is 1.51. The molecule has 0 aliphatic carbocycles. The largest absolute Gasteiger partial charge is 0.317 e. The van der Waals surface area contributed by atoms with E-state index < -0.39 is 0 Å². The fraction of sp³-hybridized carbons (Fsp3) is 1.00. The van der Waals surface area contributed by atoms with Gasteiger partial charge in [0.2, 0.25) is 0 Å². The van der Waals surface area contributed by atoms with Gasteiger partial charge in [-0.25, -0.2) is 0 Å². The third-order valence-electron chi connectivity index (χ3n) is 2.37. The molecule has 1 aliphatic heterocycles. The van der Waals surface area contributed by atoms with Crippen molar-refractivity contribution in [3.05, 3.63) is 0 Å². The van der Waals surface area contributed by atoms with Crippen LogP contribution in [0.2, 0.25) is 0 Å². The maximum atomic E-state index is 3.40. The van der Waals surface area contributed by atoms with E-state index in [4.69, 9.17) is 0 Å². The molecule has 0 bridgehead atoms. The van der Waals surface area contributed by atoms with Gasteiger partial charge in [0.05, 0.1) is 0 Å². The van der Waals surface area contributed by atoms with Crippen molar-refractivity contribution in [3.8, 4) is 0 Å². The van der Waals surface area contributed by atoms with Gasteiger partial charge in [-0.2, -0.15) is 0 Å². The van der Waals surface area contributed by atoms with Crippen LogP contribution in [0.15, 0.2) is 0 Å². The Kier molecular flexibility index (Phi) is 3.16. The number of nitrogens with one attached hydrogen (secondary N) is 2. The predicted molar refractivity (Wildman–Crippen MR) is 44.2 cm³/mol. The first kappa shape index (κ1) is 8.02. The van der Waals surface area contributed by atoms with E-state index in [0.29, 0.717) is 6.04 Å². The van der Waals surface area contributed by atoms with Gasteiger partial charge < -0.3 is 10.6 Å². The molecule has 0 aromatic rings. The first-order valence-corrected chi connectivity index (χ1v) is 4.23. The Hall–Kier alpha value is -0.0800. The molecular formula is C8H18N2. The summed E-state index contributed by atoms with van der Waals surface area (Å²) in [4.78, 5) is 0. The monoisotopic (exact) mass is 142 g/mol.